The van der Waals surface area contributed by atoms with E-state index in [0.717, 1.165) is 24.0 Å². The Kier molecular flexibility index (Phi) is 6.94. The molecule has 29 heavy (non-hydrogen) atoms. The minimum Gasteiger partial charge on any atom is -0.475 e. The van der Waals surface area contributed by atoms with E-state index in [2.05, 4.69) is 22.5 Å². The van der Waals surface area contributed by atoms with Gasteiger partial charge in [-0.2, -0.15) is 18.3 Å². The van der Waals surface area contributed by atoms with Crippen molar-refractivity contribution < 1.29 is 27.9 Å². The highest BCUT2D eigenvalue weighted by Gasteiger charge is 2.38. The number of hydrogen-bond acceptors (Lipinski definition) is 4. The summed E-state index contributed by atoms with van der Waals surface area (Å²) in [5, 5.41) is 15.7. The highest BCUT2D eigenvalue weighted by molar-refractivity contribution is 6.04. The number of aliphatic carboxylic acids is 1. The van der Waals surface area contributed by atoms with Crippen LogP contribution in [0.4, 0.5) is 13.2 Å². The highest BCUT2D eigenvalue weighted by Crippen LogP contribution is 2.19. The van der Waals surface area contributed by atoms with Crippen LogP contribution in [0, 0.1) is 0 Å². The number of halogens is 3. The second-order valence-corrected chi connectivity index (χ2v) is 6.00. The highest BCUT2D eigenvalue weighted by atomic mass is 19.4. The zero-order chi connectivity index (χ0) is 21.6. The first-order chi connectivity index (χ1) is 13.6. The molecule has 7 nitrogen and oxygen atoms in total. The summed E-state index contributed by atoms with van der Waals surface area (Å²) in [6.45, 7) is 0.951. The number of carboxylic acids is 1. The number of nitrogens with two attached hydrogens (primary N) is 1. The van der Waals surface area contributed by atoms with E-state index >= 15 is 0 Å². The van der Waals surface area contributed by atoms with E-state index in [1.165, 1.54) is 5.56 Å². The van der Waals surface area contributed by atoms with E-state index in [1.54, 1.807) is 10.7 Å². The Morgan fingerprint density at radius 2 is 1.79 bits per heavy atom. The van der Waals surface area contributed by atoms with Crippen LogP contribution in [0.5, 0.6) is 0 Å². The average Bonchev–Trinajstić information content (AvgIpc) is 3.10. The number of carboxylic acid groups (broad SMARTS) is 1. The summed E-state index contributed by atoms with van der Waals surface area (Å²) >= 11 is 0. The fraction of sp³-hybridized carbons (Fsp3) is 0.211. The van der Waals surface area contributed by atoms with Crippen LogP contribution in [0.15, 0.2) is 48.7 Å². The summed E-state index contributed by atoms with van der Waals surface area (Å²) in [6, 6.07) is 13.7. The number of fused-ring (bicyclic) bond motifs is 1. The molecule has 0 radical (unpaired) electrons. The predicted molar refractivity (Wildman–Crippen MR) is 101 cm³/mol. The molecule has 0 fully saturated rings. The smallest absolute Gasteiger partial charge is 0.475 e. The molecule has 10 heteroatoms. The molecule has 0 aliphatic carbocycles. The third-order valence-corrected chi connectivity index (χ3v) is 3.91. The third-order valence-electron chi connectivity index (χ3n) is 3.91. The normalized spacial score (nSPS) is 11.0. The van der Waals surface area contributed by atoms with Gasteiger partial charge >= 0.3 is 12.1 Å². The number of hydrogen-bond donors (Lipinski definition) is 3. The number of amides is 1. The van der Waals surface area contributed by atoms with Crippen LogP contribution in [0.2, 0.25) is 0 Å². The Labute approximate surface area is 163 Å². The van der Waals surface area contributed by atoms with Gasteiger partial charge in [-0.25, -0.2) is 9.48 Å². The molecule has 0 atom stereocenters. The van der Waals surface area contributed by atoms with E-state index in [4.69, 9.17) is 15.6 Å². The maximum atomic E-state index is 11.5. The summed E-state index contributed by atoms with van der Waals surface area (Å²) in [5.41, 5.74) is 8.71. The van der Waals surface area contributed by atoms with Crippen molar-refractivity contribution in [2.75, 3.05) is 13.6 Å². The zero-order valence-electron chi connectivity index (χ0n) is 15.4. The van der Waals surface area contributed by atoms with Crippen molar-refractivity contribution in [1.82, 2.24) is 15.1 Å². The van der Waals surface area contributed by atoms with Crippen molar-refractivity contribution in [3.63, 3.8) is 0 Å². The number of alkyl halides is 3. The molecule has 4 N–H and O–H groups in total. The van der Waals surface area contributed by atoms with Crippen LogP contribution in [0.3, 0.4) is 0 Å². The van der Waals surface area contributed by atoms with E-state index < -0.39 is 18.1 Å². The minimum absolute atomic E-state index is 0.446. The van der Waals surface area contributed by atoms with Gasteiger partial charge in [0.05, 0.1) is 11.3 Å². The summed E-state index contributed by atoms with van der Waals surface area (Å²) in [6.07, 6.45) is -2.19. The molecule has 1 aromatic heterocycles. The van der Waals surface area contributed by atoms with Crippen LogP contribution in [0.1, 0.15) is 15.9 Å². The molecule has 1 amide bonds. The third kappa shape index (κ3) is 5.79. The number of carbonyl (C=O) groups excluding carboxylic acids is 1. The van der Waals surface area contributed by atoms with Crippen LogP contribution in [-0.4, -0.2) is 46.5 Å². The molecule has 0 bridgehead atoms. The van der Waals surface area contributed by atoms with E-state index in [9.17, 15) is 18.0 Å². The van der Waals surface area contributed by atoms with Crippen molar-refractivity contribution in [2.24, 2.45) is 5.73 Å². The largest absolute Gasteiger partial charge is 0.490 e. The lowest BCUT2D eigenvalue weighted by Crippen LogP contribution is -2.21. The fourth-order valence-electron chi connectivity index (χ4n) is 2.46. The van der Waals surface area contributed by atoms with Gasteiger partial charge in [0, 0.05) is 11.6 Å². The second-order valence-electron chi connectivity index (χ2n) is 6.00. The number of nitrogens with one attached hydrogen (secondary N) is 1. The SMILES string of the molecule is CNCCc1ccc(-n2cc3cccc(C(N)=O)c3n2)cc1.O=C(O)C(F)(F)F. The van der Waals surface area contributed by atoms with Crippen molar-refractivity contribution in [1.29, 1.82) is 0 Å². The molecular formula is C19H19F3N4O3. The van der Waals surface area contributed by atoms with Crippen molar-refractivity contribution in [3.8, 4) is 5.69 Å². The van der Waals surface area contributed by atoms with Gasteiger partial charge in [0.25, 0.3) is 5.91 Å². The number of carbonyl (C=O) groups is 2. The average molecular weight is 408 g/mol. The number of benzene rings is 2. The van der Waals surface area contributed by atoms with Gasteiger partial charge in [0.15, 0.2) is 0 Å². The molecule has 0 aliphatic heterocycles. The summed E-state index contributed by atoms with van der Waals surface area (Å²) in [5.74, 6) is -3.22. The van der Waals surface area contributed by atoms with Gasteiger partial charge in [-0.1, -0.05) is 24.3 Å². The Bertz CT molecular complexity index is 998. The van der Waals surface area contributed by atoms with Crippen molar-refractivity contribution in [2.45, 2.75) is 12.6 Å². The Hall–Kier alpha value is -3.40. The molecule has 0 aliphatic rings. The summed E-state index contributed by atoms with van der Waals surface area (Å²) in [4.78, 5) is 20.4. The molecule has 2 aromatic carbocycles. The molecule has 3 rings (SSSR count). The lowest BCUT2D eigenvalue weighted by molar-refractivity contribution is -0.192. The van der Waals surface area contributed by atoms with Crippen molar-refractivity contribution in [3.05, 3.63) is 59.8 Å². The van der Waals surface area contributed by atoms with Crippen LogP contribution in [-0.2, 0) is 11.2 Å². The fourth-order valence-corrected chi connectivity index (χ4v) is 2.46. The standard InChI is InChI=1S/C17H18N4O.C2HF3O2/c1-19-10-9-12-5-7-14(8-6-12)21-11-13-3-2-4-15(17(18)22)16(13)20-21;3-2(4,5)1(6)7/h2-8,11,19H,9-10H2,1H3,(H2,18,22);(H,6,7). The van der Waals surface area contributed by atoms with E-state index in [1.807, 2.05) is 37.5 Å². The van der Waals surface area contributed by atoms with Crippen LogP contribution < -0.4 is 11.1 Å². The molecule has 3 aromatic rings. The lowest BCUT2D eigenvalue weighted by atomic mass is 10.1. The topological polar surface area (TPSA) is 110 Å². The summed E-state index contributed by atoms with van der Waals surface area (Å²) < 4.78 is 33.5. The van der Waals surface area contributed by atoms with Gasteiger partial charge in [-0.05, 0) is 43.8 Å². The summed E-state index contributed by atoms with van der Waals surface area (Å²) in [7, 11) is 1.94. The molecule has 0 saturated heterocycles. The Morgan fingerprint density at radius 1 is 1.17 bits per heavy atom. The van der Waals surface area contributed by atoms with Crippen molar-refractivity contribution >= 4 is 22.8 Å². The number of aromatic nitrogens is 2. The number of likely N-dealkylation sites (N-methyl/N-ethyl adjacent to an activating group) is 1. The molecule has 0 spiro atoms. The van der Waals surface area contributed by atoms with Crippen LogP contribution >= 0.6 is 0 Å². The predicted octanol–water partition coefficient (Wildman–Crippen LogP) is 2.52. The molecule has 0 unspecified atom stereocenters. The first-order valence-electron chi connectivity index (χ1n) is 8.45. The zero-order valence-corrected chi connectivity index (χ0v) is 15.4. The van der Waals surface area contributed by atoms with Crippen LogP contribution in [0.25, 0.3) is 16.6 Å². The molecule has 1 heterocycles. The molecule has 154 valence electrons. The van der Waals surface area contributed by atoms with Gasteiger partial charge in [0.2, 0.25) is 0 Å². The van der Waals surface area contributed by atoms with Gasteiger partial charge < -0.3 is 16.2 Å². The van der Waals surface area contributed by atoms with Gasteiger partial charge in [-0.3, -0.25) is 4.79 Å². The van der Waals surface area contributed by atoms with E-state index in [0.29, 0.717) is 11.1 Å². The number of primary amides is 1. The number of rotatable bonds is 5. The minimum atomic E-state index is -5.08. The van der Waals surface area contributed by atoms with E-state index in [-0.39, 0.29) is 0 Å². The second kappa shape index (κ2) is 9.20. The van der Waals surface area contributed by atoms with Gasteiger partial charge in [0.1, 0.15) is 5.52 Å². The Balaban J connectivity index is 0.000000370. The molecule has 0 saturated carbocycles. The monoisotopic (exact) mass is 408 g/mol. The Morgan fingerprint density at radius 3 is 2.31 bits per heavy atom. The van der Waals surface area contributed by atoms with Gasteiger partial charge in [-0.15, -0.1) is 0 Å². The first kappa shape index (κ1) is 21.9. The lowest BCUT2D eigenvalue weighted by Gasteiger charge is -2.04. The molecular weight excluding hydrogens is 389 g/mol. The number of nitrogens with zero attached hydrogens (tertiary/aromatic N) is 2. The maximum Gasteiger partial charge on any atom is 0.490 e. The first-order valence-corrected chi connectivity index (χ1v) is 8.45. The quantitative estimate of drug-likeness (QED) is 0.601. The maximum absolute atomic E-state index is 11.5.